The first-order chi connectivity index (χ1) is 7.66. The standard InChI is InChI=1S/C11H9BrFN3/c12-7-3-4-8(13)10(6-7)16-9-2-1-5-15-11(9)14/h1-6,16H,(H2,14,15). The number of nitrogens with zero attached hydrogens (tertiary/aromatic N) is 1. The average molecular weight is 282 g/mol. The van der Waals surface area contributed by atoms with Crippen LogP contribution in [-0.2, 0) is 0 Å². The molecule has 0 amide bonds. The lowest BCUT2D eigenvalue weighted by Gasteiger charge is -2.09. The minimum atomic E-state index is -0.341. The van der Waals surface area contributed by atoms with Gasteiger partial charge in [0, 0.05) is 10.7 Å². The molecule has 1 aromatic heterocycles. The maximum atomic E-state index is 13.4. The Kier molecular flexibility index (Phi) is 3.05. The molecule has 3 N–H and O–H groups in total. The van der Waals surface area contributed by atoms with Gasteiger partial charge in [0.25, 0.3) is 0 Å². The third kappa shape index (κ3) is 2.30. The van der Waals surface area contributed by atoms with Crippen LogP contribution in [0.3, 0.4) is 0 Å². The molecular formula is C11H9BrFN3. The van der Waals surface area contributed by atoms with Gasteiger partial charge in [0.15, 0.2) is 0 Å². The van der Waals surface area contributed by atoms with E-state index in [0.717, 1.165) is 4.47 Å². The van der Waals surface area contributed by atoms with Gasteiger partial charge in [0.1, 0.15) is 11.6 Å². The molecule has 5 heteroatoms. The lowest BCUT2D eigenvalue weighted by atomic mass is 10.3. The zero-order valence-corrected chi connectivity index (χ0v) is 9.83. The highest BCUT2D eigenvalue weighted by Crippen LogP contribution is 2.25. The molecule has 0 aliphatic rings. The number of nitrogens with two attached hydrogens (primary N) is 1. The molecule has 0 aliphatic carbocycles. The van der Waals surface area contributed by atoms with Crippen molar-refractivity contribution in [1.29, 1.82) is 0 Å². The second kappa shape index (κ2) is 4.49. The largest absolute Gasteiger partial charge is 0.382 e. The molecule has 16 heavy (non-hydrogen) atoms. The normalized spacial score (nSPS) is 10.1. The van der Waals surface area contributed by atoms with Crippen molar-refractivity contribution in [3.8, 4) is 0 Å². The van der Waals surface area contributed by atoms with E-state index in [9.17, 15) is 4.39 Å². The highest BCUT2D eigenvalue weighted by atomic mass is 79.9. The second-order valence-corrected chi connectivity index (χ2v) is 4.10. The molecule has 0 atom stereocenters. The van der Waals surface area contributed by atoms with Gasteiger partial charge in [-0.05, 0) is 30.3 Å². The van der Waals surface area contributed by atoms with E-state index in [1.165, 1.54) is 6.07 Å². The number of hydrogen-bond donors (Lipinski definition) is 2. The van der Waals surface area contributed by atoms with Crippen LogP contribution in [0.2, 0.25) is 0 Å². The topological polar surface area (TPSA) is 50.9 Å². The minimum Gasteiger partial charge on any atom is -0.382 e. The van der Waals surface area contributed by atoms with Crippen molar-refractivity contribution in [2.75, 3.05) is 11.1 Å². The van der Waals surface area contributed by atoms with Gasteiger partial charge < -0.3 is 11.1 Å². The highest BCUT2D eigenvalue weighted by Gasteiger charge is 2.05. The first-order valence-corrected chi connectivity index (χ1v) is 5.38. The van der Waals surface area contributed by atoms with Crippen LogP contribution in [0, 0.1) is 5.82 Å². The Morgan fingerprint density at radius 1 is 1.25 bits per heavy atom. The summed E-state index contributed by atoms with van der Waals surface area (Å²) in [5.74, 6) is -0.00618. The van der Waals surface area contributed by atoms with Gasteiger partial charge in [-0.15, -0.1) is 0 Å². The van der Waals surface area contributed by atoms with Gasteiger partial charge in [0.05, 0.1) is 11.4 Å². The Morgan fingerprint density at radius 2 is 2.06 bits per heavy atom. The summed E-state index contributed by atoms with van der Waals surface area (Å²) in [4.78, 5) is 3.91. The van der Waals surface area contributed by atoms with Gasteiger partial charge in [-0.2, -0.15) is 0 Å². The molecule has 3 nitrogen and oxygen atoms in total. The van der Waals surface area contributed by atoms with Crippen molar-refractivity contribution < 1.29 is 4.39 Å². The predicted octanol–water partition coefficient (Wildman–Crippen LogP) is 3.31. The number of rotatable bonds is 2. The number of pyridine rings is 1. The summed E-state index contributed by atoms with van der Waals surface area (Å²) in [6.07, 6.45) is 1.58. The van der Waals surface area contributed by atoms with E-state index in [0.29, 0.717) is 17.2 Å². The van der Waals surface area contributed by atoms with Crippen molar-refractivity contribution in [1.82, 2.24) is 4.98 Å². The Labute approximate surface area is 101 Å². The van der Waals surface area contributed by atoms with Crippen molar-refractivity contribution >= 4 is 33.1 Å². The fraction of sp³-hybridized carbons (Fsp3) is 0. The Hall–Kier alpha value is -1.62. The van der Waals surface area contributed by atoms with E-state index in [-0.39, 0.29) is 5.82 Å². The molecule has 2 aromatic rings. The maximum absolute atomic E-state index is 13.4. The van der Waals surface area contributed by atoms with Gasteiger partial charge >= 0.3 is 0 Å². The van der Waals surface area contributed by atoms with E-state index >= 15 is 0 Å². The monoisotopic (exact) mass is 281 g/mol. The second-order valence-electron chi connectivity index (χ2n) is 3.19. The van der Waals surface area contributed by atoms with Crippen LogP contribution in [0.25, 0.3) is 0 Å². The summed E-state index contributed by atoms with van der Waals surface area (Å²) in [5.41, 5.74) is 6.59. The molecule has 0 radical (unpaired) electrons. The molecule has 0 unspecified atom stereocenters. The molecule has 0 saturated heterocycles. The predicted molar refractivity (Wildman–Crippen MR) is 66.0 cm³/mol. The zero-order valence-electron chi connectivity index (χ0n) is 8.24. The number of halogens is 2. The first-order valence-electron chi connectivity index (χ1n) is 4.59. The van der Waals surface area contributed by atoms with Crippen molar-refractivity contribution in [3.05, 3.63) is 46.8 Å². The SMILES string of the molecule is Nc1ncccc1Nc1cc(Br)ccc1F. The number of nitrogen functional groups attached to an aromatic ring is 1. The summed E-state index contributed by atoms with van der Waals surface area (Å²) < 4.78 is 14.2. The molecule has 0 spiro atoms. The van der Waals surface area contributed by atoms with E-state index in [4.69, 9.17) is 5.73 Å². The van der Waals surface area contributed by atoms with E-state index in [1.807, 2.05) is 0 Å². The van der Waals surface area contributed by atoms with Crippen LogP contribution < -0.4 is 11.1 Å². The van der Waals surface area contributed by atoms with Gasteiger partial charge in [-0.25, -0.2) is 9.37 Å². The van der Waals surface area contributed by atoms with E-state index in [2.05, 4.69) is 26.2 Å². The Morgan fingerprint density at radius 3 is 2.81 bits per heavy atom. The summed E-state index contributed by atoms with van der Waals surface area (Å²) in [7, 11) is 0. The van der Waals surface area contributed by atoms with Crippen molar-refractivity contribution in [2.24, 2.45) is 0 Å². The van der Waals surface area contributed by atoms with E-state index in [1.54, 1.807) is 30.5 Å². The molecule has 1 heterocycles. The number of hydrogen-bond acceptors (Lipinski definition) is 3. The number of nitrogens with one attached hydrogen (secondary N) is 1. The van der Waals surface area contributed by atoms with Crippen LogP contribution in [-0.4, -0.2) is 4.98 Å². The maximum Gasteiger partial charge on any atom is 0.147 e. The molecule has 82 valence electrons. The minimum absolute atomic E-state index is 0.335. The zero-order chi connectivity index (χ0) is 11.5. The van der Waals surface area contributed by atoms with Crippen LogP contribution in [0.5, 0.6) is 0 Å². The van der Waals surface area contributed by atoms with Crippen LogP contribution in [0.1, 0.15) is 0 Å². The third-order valence-corrected chi connectivity index (χ3v) is 2.53. The van der Waals surface area contributed by atoms with E-state index < -0.39 is 0 Å². The quantitative estimate of drug-likeness (QED) is 0.888. The summed E-state index contributed by atoms with van der Waals surface area (Å²) >= 11 is 3.27. The van der Waals surface area contributed by atoms with Gasteiger partial charge in [-0.1, -0.05) is 15.9 Å². The lowest BCUT2D eigenvalue weighted by Crippen LogP contribution is -1.99. The summed E-state index contributed by atoms with van der Waals surface area (Å²) in [6, 6.07) is 8.12. The van der Waals surface area contributed by atoms with Crippen LogP contribution >= 0.6 is 15.9 Å². The Balaban J connectivity index is 2.34. The fourth-order valence-electron chi connectivity index (χ4n) is 1.26. The number of benzene rings is 1. The first kappa shape index (κ1) is 10.9. The van der Waals surface area contributed by atoms with Crippen LogP contribution in [0.15, 0.2) is 41.0 Å². The van der Waals surface area contributed by atoms with Gasteiger partial charge in [-0.3, -0.25) is 0 Å². The van der Waals surface area contributed by atoms with Crippen molar-refractivity contribution in [3.63, 3.8) is 0 Å². The smallest absolute Gasteiger partial charge is 0.147 e. The molecule has 0 bridgehead atoms. The molecule has 1 aromatic carbocycles. The third-order valence-electron chi connectivity index (χ3n) is 2.04. The molecule has 2 rings (SSSR count). The molecule has 0 aliphatic heterocycles. The highest BCUT2D eigenvalue weighted by molar-refractivity contribution is 9.10. The van der Waals surface area contributed by atoms with Crippen molar-refractivity contribution in [2.45, 2.75) is 0 Å². The molecular weight excluding hydrogens is 273 g/mol. The Bertz CT molecular complexity index is 516. The summed E-state index contributed by atoms with van der Waals surface area (Å²) in [5, 5.41) is 2.89. The van der Waals surface area contributed by atoms with Gasteiger partial charge in [0.2, 0.25) is 0 Å². The van der Waals surface area contributed by atoms with Crippen LogP contribution in [0.4, 0.5) is 21.6 Å². The summed E-state index contributed by atoms with van der Waals surface area (Å²) in [6.45, 7) is 0. The fourth-order valence-corrected chi connectivity index (χ4v) is 1.62. The lowest BCUT2D eigenvalue weighted by molar-refractivity contribution is 0.631. The average Bonchev–Trinajstić information content (AvgIpc) is 2.27. The number of aromatic nitrogens is 1. The molecule has 0 fully saturated rings. The molecule has 0 saturated carbocycles. The number of anilines is 3.